The van der Waals surface area contributed by atoms with Crippen molar-refractivity contribution in [1.29, 1.82) is 0 Å². The standard InChI is InChI=1S/C41H57NO8/c1-6-35-25(2)18-19-40(50-35)23-33-22-32(49-40)17-12-27(4)37(46-20-8-10-29-13-15-31(42)16-14-29)26(3)9-7-11-30-24-47-38-36(43)28(5)21-34(39(44)48-33)41(30,38)45/h7,9,11-16,21,25-26,32-38,43,45H,6,8,10,17-20,22-24,42H2,1-5H3/b9-7+,27-12+,30-11+/t25-,26-,32+,33-,34-,35+,36+,37+,38-,40+,41+/m0/s1. The average molecular weight is 692 g/mol. The highest BCUT2D eigenvalue weighted by atomic mass is 16.7. The number of aliphatic hydroxyl groups excluding tert-OH is 1. The van der Waals surface area contributed by atoms with E-state index in [1.807, 2.05) is 24.3 Å². The lowest BCUT2D eigenvalue weighted by molar-refractivity contribution is -0.335. The monoisotopic (exact) mass is 691 g/mol. The highest BCUT2D eigenvalue weighted by Crippen LogP contribution is 2.47. The number of hydrogen-bond donors (Lipinski definition) is 3. The SMILES string of the molecule is CC[C@H]1O[C@]2(CC[C@@H]1C)C[C@@H]1C[C@@H](C/C=C(\C)[C@H](OCCCc3ccc(N)cc3)[C@@H](C)/C=C/C=C3\CO[C@H]4[C@H](O)C(C)=C[C@@H](C(=O)O1)[C@]34O)O2. The Kier molecular flexibility index (Phi) is 11.4. The van der Waals surface area contributed by atoms with Crippen LogP contribution in [0, 0.1) is 17.8 Å². The van der Waals surface area contributed by atoms with Gasteiger partial charge >= 0.3 is 5.97 Å². The van der Waals surface area contributed by atoms with Crippen molar-refractivity contribution in [2.24, 2.45) is 17.8 Å². The summed E-state index contributed by atoms with van der Waals surface area (Å²) in [7, 11) is 0. The molecule has 3 saturated heterocycles. The number of fused-ring (bicyclic) bond motifs is 2. The topological polar surface area (TPSA) is 130 Å². The van der Waals surface area contributed by atoms with Crippen LogP contribution in [0.5, 0.6) is 0 Å². The van der Waals surface area contributed by atoms with Crippen LogP contribution in [0.25, 0.3) is 0 Å². The lowest BCUT2D eigenvalue weighted by atomic mass is 9.71. The molecule has 4 heterocycles. The van der Waals surface area contributed by atoms with Crippen molar-refractivity contribution in [1.82, 2.24) is 0 Å². The van der Waals surface area contributed by atoms with Gasteiger partial charge in [-0.25, -0.2) is 0 Å². The number of esters is 1. The number of hydrogen-bond acceptors (Lipinski definition) is 9. The Morgan fingerprint density at radius 3 is 2.62 bits per heavy atom. The van der Waals surface area contributed by atoms with Gasteiger partial charge in [-0.2, -0.15) is 0 Å². The van der Waals surface area contributed by atoms with Gasteiger partial charge in [0.15, 0.2) is 5.79 Å². The molecular weight excluding hydrogens is 634 g/mol. The molecule has 0 amide bonds. The molecule has 0 aromatic heterocycles. The molecule has 11 atom stereocenters. The van der Waals surface area contributed by atoms with Crippen molar-refractivity contribution in [2.45, 2.75) is 134 Å². The first-order valence-corrected chi connectivity index (χ1v) is 18.7. The first-order chi connectivity index (χ1) is 23.9. The van der Waals surface area contributed by atoms with Crippen LogP contribution >= 0.6 is 0 Å². The van der Waals surface area contributed by atoms with E-state index in [0.29, 0.717) is 42.9 Å². The van der Waals surface area contributed by atoms with Crippen molar-refractivity contribution >= 4 is 11.7 Å². The Bertz CT molecular complexity index is 1480. The molecule has 0 radical (unpaired) electrons. The molecular formula is C41H57NO8. The Labute approximate surface area is 297 Å². The van der Waals surface area contributed by atoms with E-state index in [1.165, 1.54) is 5.56 Å². The summed E-state index contributed by atoms with van der Waals surface area (Å²) in [6.07, 6.45) is 12.7. The summed E-state index contributed by atoms with van der Waals surface area (Å²) in [4.78, 5) is 14.1. The summed E-state index contributed by atoms with van der Waals surface area (Å²) in [5, 5.41) is 23.4. The number of carbonyl (C=O) groups is 1. The van der Waals surface area contributed by atoms with Crippen molar-refractivity contribution in [3.8, 4) is 0 Å². The Balaban J connectivity index is 1.31. The number of carbonyl (C=O) groups excluding carboxylic acids is 1. The maximum absolute atomic E-state index is 14.1. The first-order valence-electron chi connectivity index (χ1n) is 18.7. The molecule has 9 heteroatoms. The quantitative estimate of drug-likeness (QED) is 0.140. The van der Waals surface area contributed by atoms with Gasteiger partial charge in [0.05, 0.1) is 24.9 Å². The second-order valence-corrected chi connectivity index (χ2v) is 15.4. The summed E-state index contributed by atoms with van der Waals surface area (Å²) < 4.78 is 32.5. The van der Waals surface area contributed by atoms with Gasteiger partial charge in [-0.15, -0.1) is 0 Å². The lowest BCUT2D eigenvalue weighted by Crippen LogP contribution is -2.58. The zero-order chi connectivity index (χ0) is 35.6. The van der Waals surface area contributed by atoms with E-state index >= 15 is 0 Å². The Morgan fingerprint density at radius 2 is 1.86 bits per heavy atom. The fourth-order valence-corrected chi connectivity index (χ4v) is 8.62. The third kappa shape index (κ3) is 7.69. The van der Waals surface area contributed by atoms with Gasteiger partial charge in [0.25, 0.3) is 0 Å². The first kappa shape index (κ1) is 37.0. The minimum atomic E-state index is -1.75. The number of aliphatic hydroxyl groups is 2. The molecule has 3 fully saturated rings. The van der Waals surface area contributed by atoms with E-state index in [4.69, 9.17) is 29.4 Å². The van der Waals surface area contributed by atoms with Gasteiger partial charge in [0.1, 0.15) is 29.8 Å². The van der Waals surface area contributed by atoms with Crippen LogP contribution in [0.1, 0.15) is 85.1 Å². The van der Waals surface area contributed by atoms with Crippen LogP contribution in [0.4, 0.5) is 5.69 Å². The van der Waals surface area contributed by atoms with E-state index in [2.05, 4.69) is 52.0 Å². The zero-order valence-corrected chi connectivity index (χ0v) is 30.4. The second kappa shape index (κ2) is 15.4. The molecule has 1 aliphatic carbocycles. The van der Waals surface area contributed by atoms with Gasteiger partial charge < -0.3 is 39.6 Å². The summed E-state index contributed by atoms with van der Waals surface area (Å²) in [5.74, 6) is -2.00. The predicted octanol–water partition coefficient (Wildman–Crippen LogP) is 6.13. The van der Waals surface area contributed by atoms with E-state index in [0.717, 1.165) is 43.4 Å². The normalized spacial score (nSPS) is 42.0. The summed E-state index contributed by atoms with van der Waals surface area (Å²) >= 11 is 0. The van der Waals surface area contributed by atoms with Crippen LogP contribution in [0.15, 0.2) is 71.4 Å². The number of nitrogens with two attached hydrogens (primary N) is 1. The minimum Gasteiger partial charge on any atom is -0.462 e. The largest absolute Gasteiger partial charge is 0.462 e. The van der Waals surface area contributed by atoms with Crippen LogP contribution in [-0.2, 0) is 34.9 Å². The molecule has 50 heavy (non-hydrogen) atoms. The summed E-state index contributed by atoms with van der Waals surface area (Å²) in [5.41, 5.74) is 8.32. The molecule has 4 aliphatic heterocycles. The molecule has 0 saturated carbocycles. The molecule has 0 unspecified atom stereocenters. The third-order valence-corrected chi connectivity index (χ3v) is 11.6. The fraction of sp³-hybridized carbons (Fsp3) is 0.634. The van der Waals surface area contributed by atoms with Gasteiger partial charge in [0, 0.05) is 37.5 Å². The summed E-state index contributed by atoms with van der Waals surface area (Å²) in [6, 6.07) is 7.98. The molecule has 1 aromatic rings. The van der Waals surface area contributed by atoms with E-state index in [-0.39, 0.29) is 30.8 Å². The maximum Gasteiger partial charge on any atom is 0.316 e. The van der Waals surface area contributed by atoms with Crippen LogP contribution in [0.2, 0.25) is 0 Å². The highest BCUT2D eigenvalue weighted by Gasteiger charge is 2.60. The lowest BCUT2D eigenvalue weighted by Gasteiger charge is -2.50. The van der Waals surface area contributed by atoms with Crippen molar-refractivity contribution in [3.05, 3.63) is 76.9 Å². The average Bonchev–Trinajstić information content (AvgIpc) is 3.43. The van der Waals surface area contributed by atoms with E-state index in [9.17, 15) is 15.0 Å². The minimum absolute atomic E-state index is 0.0000167. The molecule has 5 aliphatic rings. The highest BCUT2D eigenvalue weighted by molar-refractivity contribution is 5.78. The van der Waals surface area contributed by atoms with Crippen molar-refractivity contribution < 1.29 is 38.7 Å². The molecule has 4 N–H and O–H groups in total. The molecule has 1 spiro atoms. The molecule has 274 valence electrons. The number of aryl methyl sites for hydroxylation is 1. The van der Waals surface area contributed by atoms with Gasteiger partial charge in [-0.05, 0) is 86.3 Å². The number of ether oxygens (including phenoxy) is 5. The van der Waals surface area contributed by atoms with Crippen LogP contribution in [0.3, 0.4) is 0 Å². The van der Waals surface area contributed by atoms with Crippen molar-refractivity contribution in [2.75, 3.05) is 18.9 Å². The molecule has 6 rings (SSSR count). The third-order valence-electron chi connectivity index (χ3n) is 11.6. The Hall–Kier alpha value is -2.79. The number of rotatable bonds is 6. The molecule has 1 aromatic carbocycles. The number of nitrogen functional groups attached to an aromatic ring is 1. The Morgan fingerprint density at radius 1 is 1.08 bits per heavy atom. The molecule has 2 bridgehead atoms. The van der Waals surface area contributed by atoms with E-state index in [1.54, 1.807) is 13.0 Å². The maximum atomic E-state index is 14.1. The number of allylic oxidation sites excluding steroid dienone is 2. The molecule has 9 nitrogen and oxygen atoms in total. The van der Waals surface area contributed by atoms with Gasteiger partial charge in [-0.3, -0.25) is 4.79 Å². The van der Waals surface area contributed by atoms with Gasteiger partial charge in [0.2, 0.25) is 0 Å². The predicted molar refractivity (Wildman–Crippen MR) is 192 cm³/mol. The smallest absolute Gasteiger partial charge is 0.316 e. The van der Waals surface area contributed by atoms with Gasteiger partial charge in [-0.1, -0.05) is 63.3 Å². The van der Waals surface area contributed by atoms with Crippen LogP contribution < -0.4 is 5.73 Å². The fourth-order valence-electron chi connectivity index (χ4n) is 8.62. The number of benzene rings is 1. The van der Waals surface area contributed by atoms with E-state index < -0.39 is 41.6 Å². The van der Waals surface area contributed by atoms with Crippen LogP contribution in [-0.4, -0.2) is 77.4 Å². The second-order valence-electron chi connectivity index (χ2n) is 15.4. The summed E-state index contributed by atoms with van der Waals surface area (Å²) in [6.45, 7) is 11.0. The number of anilines is 1. The zero-order valence-electron chi connectivity index (χ0n) is 30.4. The van der Waals surface area contributed by atoms with Crippen molar-refractivity contribution in [3.63, 3.8) is 0 Å².